The number of amides is 1. The van der Waals surface area contributed by atoms with Crippen molar-refractivity contribution in [3.63, 3.8) is 0 Å². The van der Waals surface area contributed by atoms with E-state index in [1.807, 2.05) is 30.3 Å². The predicted molar refractivity (Wildman–Crippen MR) is 130 cm³/mol. The lowest BCUT2D eigenvalue weighted by Gasteiger charge is -2.12. The van der Waals surface area contributed by atoms with Crippen LogP contribution in [0.1, 0.15) is 21.5 Å². The Kier molecular flexibility index (Phi) is 5.27. The molecule has 3 heterocycles. The predicted octanol–water partition coefficient (Wildman–Crippen LogP) is 4.43. The second-order valence-corrected chi connectivity index (χ2v) is 8.21. The maximum absolute atomic E-state index is 12.3. The molecule has 0 aliphatic heterocycles. The summed E-state index contributed by atoms with van der Waals surface area (Å²) in [6.45, 7) is 0. The molecule has 8 heteroatoms. The number of nitriles is 1. The molecule has 0 saturated carbocycles. The van der Waals surface area contributed by atoms with E-state index in [9.17, 15) is 4.79 Å². The first-order valence-corrected chi connectivity index (χ1v) is 10.9. The molecule has 2 aromatic carbocycles. The zero-order valence-corrected chi connectivity index (χ0v) is 18.4. The summed E-state index contributed by atoms with van der Waals surface area (Å²) in [4.78, 5) is 31.2. The average Bonchev–Trinajstić information content (AvgIpc) is 3.31. The number of rotatable bonds is 4. The molecule has 3 aromatic heterocycles. The van der Waals surface area contributed by atoms with Crippen LogP contribution in [0.4, 0.5) is 0 Å². The highest BCUT2D eigenvalue weighted by Gasteiger charge is 2.22. The van der Waals surface area contributed by atoms with Crippen molar-refractivity contribution >= 4 is 27.7 Å². The van der Waals surface area contributed by atoms with Crippen molar-refractivity contribution in [2.75, 3.05) is 0 Å². The summed E-state index contributed by atoms with van der Waals surface area (Å²) < 4.78 is 0. The van der Waals surface area contributed by atoms with Gasteiger partial charge in [-0.1, -0.05) is 47.6 Å². The quantitative estimate of drug-likeness (QED) is 0.398. The van der Waals surface area contributed by atoms with Crippen LogP contribution in [0.5, 0.6) is 0 Å². The van der Waals surface area contributed by atoms with E-state index >= 15 is 0 Å². The molecule has 0 radical (unpaired) electrons. The molecule has 0 aliphatic rings. The van der Waals surface area contributed by atoms with Crippen molar-refractivity contribution < 1.29 is 4.79 Å². The highest BCUT2D eigenvalue weighted by molar-refractivity contribution is 7.21. The maximum Gasteiger partial charge on any atom is 0.249 e. The molecular formula is C26H14N6OS. The van der Waals surface area contributed by atoms with Gasteiger partial charge in [-0.15, -0.1) is 6.42 Å². The minimum absolute atomic E-state index is 0.297. The summed E-state index contributed by atoms with van der Waals surface area (Å²) >= 11 is 1.31. The number of nitrogens with two attached hydrogens (primary N) is 1. The van der Waals surface area contributed by atoms with E-state index in [1.54, 1.807) is 30.5 Å². The van der Waals surface area contributed by atoms with Gasteiger partial charge in [-0.25, -0.2) is 15.0 Å². The normalized spacial score (nSPS) is 10.5. The van der Waals surface area contributed by atoms with E-state index in [0.717, 1.165) is 5.56 Å². The van der Waals surface area contributed by atoms with Crippen LogP contribution >= 0.6 is 11.3 Å². The highest BCUT2D eigenvalue weighted by Crippen LogP contribution is 2.38. The van der Waals surface area contributed by atoms with E-state index in [-0.39, 0.29) is 0 Å². The first-order valence-electron chi connectivity index (χ1n) is 10.1. The molecule has 0 saturated heterocycles. The summed E-state index contributed by atoms with van der Waals surface area (Å²) in [5.74, 6) is 2.07. The van der Waals surface area contributed by atoms with Gasteiger partial charge in [0.15, 0.2) is 10.5 Å². The number of hydrogen-bond donors (Lipinski definition) is 1. The van der Waals surface area contributed by atoms with Crippen molar-refractivity contribution in [3.05, 3.63) is 83.7 Å². The Bertz CT molecular complexity index is 1660. The largest absolute Gasteiger partial charge is 0.366 e. The molecule has 1 amide bonds. The van der Waals surface area contributed by atoms with E-state index in [2.05, 4.69) is 26.9 Å². The number of primary amides is 1. The molecule has 5 aromatic rings. The van der Waals surface area contributed by atoms with Crippen LogP contribution in [-0.2, 0) is 0 Å². The molecule has 5 rings (SSSR count). The number of terminal acetylenes is 1. The second-order valence-electron chi connectivity index (χ2n) is 7.23. The molecule has 0 atom stereocenters. The Morgan fingerprint density at radius 2 is 1.82 bits per heavy atom. The molecule has 0 aliphatic carbocycles. The van der Waals surface area contributed by atoms with Crippen LogP contribution in [0.25, 0.3) is 43.6 Å². The molecule has 0 bridgehead atoms. The van der Waals surface area contributed by atoms with Crippen molar-refractivity contribution in [1.29, 1.82) is 5.26 Å². The molecule has 7 nitrogen and oxygen atoms in total. The molecule has 34 heavy (non-hydrogen) atoms. The number of nitrogens with zero attached hydrogens (tertiary/aromatic N) is 5. The van der Waals surface area contributed by atoms with Crippen molar-refractivity contribution in [3.8, 4) is 51.5 Å². The first-order chi connectivity index (χ1) is 16.6. The fourth-order valence-electron chi connectivity index (χ4n) is 3.61. The van der Waals surface area contributed by atoms with Crippen LogP contribution in [0.2, 0.25) is 0 Å². The fourth-order valence-corrected chi connectivity index (χ4v) is 4.51. The third-order valence-corrected chi connectivity index (χ3v) is 6.15. The van der Waals surface area contributed by atoms with E-state index in [0.29, 0.717) is 54.7 Å². The number of hydrogen-bond acceptors (Lipinski definition) is 7. The van der Waals surface area contributed by atoms with Gasteiger partial charge in [-0.05, 0) is 24.3 Å². The number of thiazole rings is 1. The maximum atomic E-state index is 12.3. The average molecular weight is 459 g/mol. The van der Waals surface area contributed by atoms with Crippen LogP contribution in [0, 0.1) is 23.7 Å². The molecule has 0 spiro atoms. The first kappa shape index (κ1) is 21.0. The second kappa shape index (κ2) is 8.55. The number of fused-ring (bicyclic) bond motifs is 1. The zero-order chi connectivity index (χ0) is 23.7. The van der Waals surface area contributed by atoms with Gasteiger partial charge < -0.3 is 5.73 Å². The Balaban J connectivity index is 1.68. The van der Waals surface area contributed by atoms with Crippen molar-refractivity contribution in [1.82, 2.24) is 19.9 Å². The summed E-state index contributed by atoms with van der Waals surface area (Å²) in [6.07, 6.45) is 8.87. The molecule has 160 valence electrons. The summed E-state index contributed by atoms with van der Waals surface area (Å²) in [5, 5.41) is 9.55. The standard InChI is InChI=1S/C26H14N6OS/c1-2-16-5-3-4-6-18(16)21-19(23(28)33)11-12-29-22(21)25-32-24-26(34-25)31-20(14-30-24)17-9-7-15(13-27)8-10-17/h1,3-12,14H,(H2,28,33). The topological polar surface area (TPSA) is 118 Å². The van der Waals surface area contributed by atoms with Crippen LogP contribution in [-0.4, -0.2) is 25.8 Å². The lowest BCUT2D eigenvalue weighted by molar-refractivity contribution is 0.100. The minimum atomic E-state index is -0.592. The Hall–Kier alpha value is -4.92. The summed E-state index contributed by atoms with van der Waals surface area (Å²) in [6, 6.07) is 18.1. The molecule has 0 unspecified atom stereocenters. The van der Waals surface area contributed by atoms with E-state index in [4.69, 9.17) is 22.4 Å². The van der Waals surface area contributed by atoms with Gasteiger partial charge >= 0.3 is 0 Å². The number of aromatic nitrogens is 4. The Morgan fingerprint density at radius 3 is 2.56 bits per heavy atom. The Labute approximate surface area is 198 Å². The number of benzene rings is 2. The lowest BCUT2D eigenvalue weighted by Crippen LogP contribution is -2.13. The summed E-state index contributed by atoms with van der Waals surface area (Å²) in [7, 11) is 0. The summed E-state index contributed by atoms with van der Waals surface area (Å²) in [5.41, 5.74) is 10.8. The van der Waals surface area contributed by atoms with Gasteiger partial charge in [0.1, 0.15) is 10.7 Å². The van der Waals surface area contributed by atoms with Crippen LogP contribution < -0.4 is 5.73 Å². The van der Waals surface area contributed by atoms with E-state index in [1.165, 1.54) is 17.5 Å². The highest BCUT2D eigenvalue weighted by atomic mass is 32.1. The molecular weight excluding hydrogens is 444 g/mol. The minimum Gasteiger partial charge on any atom is -0.366 e. The monoisotopic (exact) mass is 458 g/mol. The number of pyridine rings is 1. The van der Waals surface area contributed by atoms with Crippen molar-refractivity contribution in [2.24, 2.45) is 5.73 Å². The zero-order valence-electron chi connectivity index (χ0n) is 17.6. The SMILES string of the molecule is C#Cc1ccccc1-c1c(C(N)=O)ccnc1-c1nc2ncc(-c3ccc(C#N)cc3)nc2s1. The molecule has 2 N–H and O–H groups in total. The third-order valence-electron chi connectivity index (χ3n) is 5.20. The molecule has 0 fully saturated rings. The van der Waals surface area contributed by atoms with Gasteiger partial charge in [0.05, 0.1) is 29.1 Å². The van der Waals surface area contributed by atoms with Gasteiger partial charge in [0, 0.05) is 28.5 Å². The number of carbonyl (C=O) groups is 1. The fraction of sp³-hybridized carbons (Fsp3) is 0. The number of carbonyl (C=O) groups excluding carboxylic acids is 1. The third kappa shape index (κ3) is 3.65. The van der Waals surface area contributed by atoms with Gasteiger partial charge in [-0.2, -0.15) is 5.26 Å². The van der Waals surface area contributed by atoms with Crippen LogP contribution in [0.3, 0.4) is 0 Å². The van der Waals surface area contributed by atoms with Gasteiger partial charge in [0.2, 0.25) is 5.91 Å². The lowest BCUT2D eigenvalue weighted by atomic mass is 9.94. The smallest absolute Gasteiger partial charge is 0.249 e. The Morgan fingerprint density at radius 1 is 1.03 bits per heavy atom. The van der Waals surface area contributed by atoms with Gasteiger partial charge in [0.25, 0.3) is 0 Å². The van der Waals surface area contributed by atoms with Crippen LogP contribution in [0.15, 0.2) is 67.0 Å². The van der Waals surface area contributed by atoms with Gasteiger partial charge in [-0.3, -0.25) is 9.78 Å². The van der Waals surface area contributed by atoms with E-state index < -0.39 is 5.91 Å². The van der Waals surface area contributed by atoms with Crippen molar-refractivity contribution in [2.45, 2.75) is 0 Å².